The van der Waals surface area contributed by atoms with Crippen LogP contribution in [0.15, 0.2) is 22.7 Å². The zero-order valence-corrected chi connectivity index (χ0v) is 18.6. The maximum absolute atomic E-state index is 14.6. The largest absolute Gasteiger partial charge is 0.339 e. The van der Waals surface area contributed by atoms with Gasteiger partial charge in [0.1, 0.15) is 11.3 Å². The summed E-state index contributed by atoms with van der Waals surface area (Å²) in [5, 5.41) is 9.44. The minimum absolute atomic E-state index is 0.176. The summed E-state index contributed by atoms with van der Waals surface area (Å²) in [6.07, 6.45) is 4.71. The number of amides is 1. The number of piperidine rings is 1. The summed E-state index contributed by atoms with van der Waals surface area (Å²) in [5.41, 5.74) is 1.20. The normalized spacial score (nSPS) is 20.5. The molecule has 1 atom stereocenters. The van der Waals surface area contributed by atoms with Gasteiger partial charge in [0.15, 0.2) is 0 Å². The summed E-state index contributed by atoms with van der Waals surface area (Å²) in [5.74, 6) is 0.872. The number of likely N-dealkylation sites (tertiary alicyclic amines) is 2. The summed E-state index contributed by atoms with van der Waals surface area (Å²) in [6, 6.07) is 5.32. The second kappa shape index (κ2) is 8.61. The molecule has 8 nitrogen and oxygen atoms in total. The first-order chi connectivity index (χ1) is 15.5. The average molecular weight is 441 g/mol. The number of carbonyl (C=O) groups excluding carboxylic acids is 1. The number of aromatic nitrogens is 4. The standard InChI is InChI=1S/C23H29FN6O2/c1-3-20-18-7-4-8-19(24)21(18)30(26-20)23-25-22(32-27-23)16-9-12-28(13-10-16)14-17-6-5-11-29(17)15(2)31/h4,7-8,16-17H,3,5-6,9-14H2,1-2H3/t17-/m0/s1. The second-order valence-electron chi connectivity index (χ2n) is 8.86. The molecule has 2 fully saturated rings. The van der Waals surface area contributed by atoms with E-state index >= 15 is 0 Å². The van der Waals surface area contributed by atoms with Gasteiger partial charge in [0.05, 0.1) is 5.69 Å². The topological polar surface area (TPSA) is 80.3 Å². The maximum atomic E-state index is 14.6. The molecule has 170 valence electrons. The highest BCUT2D eigenvalue weighted by molar-refractivity contribution is 5.83. The van der Waals surface area contributed by atoms with Crippen molar-refractivity contribution < 1.29 is 13.7 Å². The summed E-state index contributed by atoms with van der Waals surface area (Å²) >= 11 is 0. The molecule has 5 rings (SSSR count). The first kappa shape index (κ1) is 21.1. The minimum Gasteiger partial charge on any atom is -0.339 e. The summed E-state index contributed by atoms with van der Waals surface area (Å²) in [4.78, 5) is 20.9. The molecular weight excluding hydrogens is 411 g/mol. The third kappa shape index (κ3) is 3.79. The van der Waals surface area contributed by atoms with E-state index in [1.54, 1.807) is 13.0 Å². The van der Waals surface area contributed by atoms with E-state index in [-0.39, 0.29) is 23.6 Å². The molecule has 0 spiro atoms. The Hall–Kier alpha value is -2.81. The van der Waals surface area contributed by atoms with E-state index in [1.807, 2.05) is 17.9 Å². The number of hydrogen-bond acceptors (Lipinski definition) is 6. The zero-order valence-electron chi connectivity index (χ0n) is 18.6. The lowest BCUT2D eigenvalue weighted by Gasteiger charge is -2.34. The van der Waals surface area contributed by atoms with E-state index in [1.165, 1.54) is 10.7 Å². The van der Waals surface area contributed by atoms with Gasteiger partial charge in [-0.15, -0.1) is 0 Å². The van der Waals surface area contributed by atoms with Crippen molar-refractivity contribution in [2.45, 2.75) is 57.9 Å². The Kier molecular flexibility index (Phi) is 5.67. The van der Waals surface area contributed by atoms with Crippen molar-refractivity contribution in [3.8, 4) is 5.95 Å². The predicted octanol–water partition coefficient (Wildman–Crippen LogP) is 3.30. The first-order valence-electron chi connectivity index (χ1n) is 11.5. The smallest absolute Gasteiger partial charge is 0.291 e. The lowest BCUT2D eigenvalue weighted by atomic mass is 9.96. The van der Waals surface area contributed by atoms with Crippen molar-refractivity contribution in [2.24, 2.45) is 0 Å². The number of para-hydroxylation sites is 1. The number of rotatable bonds is 5. The van der Waals surface area contributed by atoms with Crippen LogP contribution in [-0.4, -0.2) is 67.8 Å². The molecule has 0 aliphatic carbocycles. The van der Waals surface area contributed by atoms with E-state index in [0.717, 1.165) is 62.9 Å². The molecule has 2 aromatic heterocycles. The number of benzene rings is 1. The number of fused-ring (bicyclic) bond motifs is 1. The van der Waals surface area contributed by atoms with Crippen LogP contribution in [0.1, 0.15) is 57.0 Å². The van der Waals surface area contributed by atoms with Crippen LogP contribution in [-0.2, 0) is 11.2 Å². The summed E-state index contributed by atoms with van der Waals surface area (Å²) in [6.45, 7) is 7.33. The predicted molar refractivity (Wildman–Crippen MR) is 117 cm³/mol. The molecule has 3 aromatic rings. The highest BCUT2D eigenvalue weighted by Crippen LogP contribution is 2.30. The fraction of sp³-hybridized carbons (Fsp3) is 0.565. The van der Waals surface area contributed by atoms with Crippen molar-refractivity contribution >= 4 is 16.8 Å². The Morgan fingerprint density at radius 3 is 2.78 bits per heavy atom. The van der Waals surface area contributed by atoms with Crippen molar-refractivity contribution in [1.29, 1.82) is 0 Å². The third-order valence-corrected chi connectivity index (χ3v) is 6.87. The fourth-order valence-electron chi connectivity index (χ4n) is 5.17. The van der Waals surface area contributed by atoms with Gasteiger partial charge in [-0.3, -0.25) is 4.79 Å². The quantitative estimate of drug-likeness (QED) is 0.606. The molecule has 0 bridgehead atoms. The van der Waals surface area contributed by atoms with Crippen LogP contribution in [0.4, 0.5) is 4.39 Å². The SMILES string of the molecule is CCc1nn(-c2noc(C3CCN(C[C@@H]4CCCN4C(C)=O)CC3)n2)c2c(F)cccc12. The molecule has 2 aliphatic rings. The minimum atomic E-state index is -0.346. The van der Waals surface area contributed by atoms with E-state index in [2.05, 4.69) is 20.1 Å². The van der Waals surface area contributed by atoms with Crippen LogP contribution in [0.2, 0.25) is 0 Å². The van der Waals surface area contributed by atoms with Gasteiger partial charge in [-0.25, -0.2) is 4.39 Å². The van der Waals surface area contributed by atoms with Crippen LogP contribution in [0.25, 0.3) is 16.9 Å². The van der Waals surface area contributed by atoms with Gasteiger partial charge in [0.25, 0.3) is 5.95 Å². The van der Waals surface area contributed by atoms with Crippen molar-refractivity contribution in [3.63, 3.8) is 0 Å². The summed E-state index contributed by atoms with van der Waals surface area (Å²) in [7, 11) is 0. The molecule has 0 N–H and O–H groups in total. The molecule has 0 radical (unpaired) electrons. The van der Waals surface area contributed by atoms with Crippen LogP contribution in [0.3, 0.4) is 0 Å². The van der Waals surface area contributed by atoms with Crippen molar-refractivity contribution in [2.75, 3.05) is 26.2 Å². The molecule has 1 aromatic carbocycles. The monoisotopic (exact) mass is 440 g/mol. The molecule has 2 aliphatic heterocycles. The van der Waals surface area contributed by atoms with Crippen LogP contribution < -0.4 is 0 Å². The number of halogens is 1. The van der Waals surface area contributed by atoms with Gasteiger partial charge in [-0.2, -0.15) is 14.8 Å². The number of hydrogen-bond donors (Lipinski definition) is 0. The Balaban J connectivity index is 1.28. The molecule has 4 heterocycles. The second-order valence-corrected chi connectivity index (χ2v) is 8.86. The Morgan fingerprint density at radius 1 is 1.22 bits per heavy atom. The van der Waals surface area contributed by atoms with Crippen molar-refractivity contribution in [1.82, 2.24) is 29.7 Å². The molecule has 2 saturated heterocycles. The first-order valence-corrected chi connectivity index (χ1v) is 11.5. The molecule has 32 heavy (non-hydrogen) atoms. The Morgan fingerprint density at radius 2 is 2.03 bits per heavy atom. The highest BCUT2D eigenvalue weighted by atomic mass is 19.1. The number of nitrogens with zero attached hydrogens (tertiary/aromatic N) is 6. The molecule has 9 heteroatoms. The van der Waals surface area contributed by atoms with E-state index in [4.69, 9.17) is 4.52 Å². The van der Waals surface area contributed by atoms with Gasteiger partial charge >= 0.3 is 0 Å². The molecular formula is C23H29FN6O2. The molecule has 0 unspecified atom stereocenters. The highest BCUT2D eigenvalue weighted by Gasteiger charge is 2.31. The van der Waals surface area contributed by atoms with Crippen LogP contribution >= 0.6 is 0 Å². The van der Waals surface area contributed by atoms with E-state index in [0.29, 0.717) is 23.9 Å². The maximum Gasteiger partial charge on any atom is 0.291 e. The lowest BCUT2D eigenvalue weighted by Crippen LogP contribution is -2.44. The van der Waals surface area contributed by atoms with E-state index in [9.17, 15) is 9.18 Å². The lowest BCUT2D eigenvalue weighted by molar-refractivity contribution is -0.130. The Labute approximate surface area is 186 Å². The van der Waals surface area contributed by atoms with Gasteiger partial charge in [-0.05, 0) is 56.4 Å². The summed E-state index contributed by atoms with van der Waals surface area (Å²) < 4.78 is 21.6. The van der Waals surface area contributed by atoms with E-state index < -0.39 is 0 Å². The van der Waals surface area contributed by atoms with Crippen LogP contribution in [0, 0.1) is 5.82 Å². The number of aryl methyl sites for hydroxylation is 1. The molecule has 0 saturated carbocycles. The average Bonchev–Trinajstić information content (AvgIpc) is 3.53. The van der Waals surface area contributed by atoms with Gasteiger partial charge in [0.2, 0.25) is 11.8 Å². The zero-order chi connectivity index (χ0) is 22.2. The fourth-order valence-corrected chi connectivity index (χ4v) is 5.17. The van der Waals surface area contributed by atoms with Crippen LogP contribution in [0.5, 0.6) is 0 Å². The van der Waals surface area contributed by atoms with Gasteiger partial charge < -0.3 is 14.3 Å². The van der Waals surface area contributed by atoms with Crippen molar-refractivity contribution in [3.05, 3.63) is 35.6 Å². The third-order valence-electron chi connectivity index (χ3n) is 6.87. The molecule has 1 amide bonds. The Bertz CT molecular complexity index is 1120. The van der Waals surface area contributed by atoms with Gasteiger partial charge in [0, 0.05) is 37.4 Å². The number of carbonyl (C=O) groups is 1. The van der Waals surface area contributed by atoms with Gasteiger partial charge in [-0.1, -0.05) is 19.1 Å².